The van der Waals surface area contributed by atoms with Gasteiger partial charge in [-0.25, -0.2) is 4.98 Å². The molecule has 1 atom stereocenters. The number of aromatic nitrogens is 3. The third kappa shape index (κ3) is 2.53. The molecule has 0 radical (unpaired) electrons. The number of likely N-dealkylation sites (tertiary alicyclic amines) is 1. The van der Waals surface area contributed by atoms with Crippen molar-refractivity contribution < 1.29 is 4.79 Å². The zero-order chi connectivity index (χ0) is 18.4. The molecule has 1 fully saturated rings. The number of fused-ring (bicyclic) bond motifs is 1. The second-order valence-electron chi connectivity index (χ2n) is 6.99. The standard InChI is InChI=1S/C20H22N4O2/c1-12-11-14(19(25)21-13(12)2)20(26)24-10-6-9-17(24)18-22-15-7-4-5-8-16(15)23(18)3/h4-5,7-8,11,17H,6,9-10H2,1-3H3,(H,21,25)/t17-/m1/s1. The number of carbonyl (C=O) groups is 1. The van der Waals surface area contributed by atoms with Crippen LogP contribution in [0.2, 0.25) is 0 Å². The van der Waals surface area contributed by atoms with Crippen molar-refractivity contribution in [2.75, 3.05) is 6.54 Å². The summed E-state index contributed by atoms with van der Waals surface area (Å²) in [5.41, 5.74) is 3.55. The predicted octanol–water partition coefficient (Wildman–Crippen LogP) is 2.86. The summed E-state index contributed by atoms with van der Waals surface area (Å²) in [7, 11) is 1.98. The largest absolute Gasteiger partial charge is 0.329 e. The monoisotopic (exact) mass is 350 g/mol. The van der Waals surface area contributed by atoms with Gasteiger partial charge >= 0.3 is 0 Å². The van der Waals surface area contributed by atoms with Crippen LogP contribution in [0.25, 0.3) is 11.0 Å². The summed E-state index contributed by atoms with van der Waals surface area (Å²) in [5, 5.41) is 0. The van der Waals surface area contributed by atoms with E-state index >= 15 is 0 Å². The summed E-state index contributed by atoms with van der Waals surface area (Å²) < 4.78 is 2.05. The zero-order valence-electron chi connectivity index (χ0n) is 15.2. The lowest BCUT2D eigenvalue weighted by molar-refractivity contribution is 0.0726. The maximum absolute atomic E-state index is 13.1. The fourth-order valence-electron chi connectivity index (χ4n) is 3.78. The van der Waals surface area contributed by atoms with Crippen LogP contribution in [-0.2, 0) is 7.05 Å². The number of benzene rings is 1. The van der Waals surface area contributed by atoms with Gasteiger partial charge in [0.25, 0.3) is 11.5 Å². The first-order valence-electron chi connectivity index (χ1n) is 8.90. The van der Waals surface area contributed by atoms with Crippen LogP contribution in [-0.4, -0.2) is 31.9 Å². The molecular weight excluding hydrogens is 328 g/mol. The molecule has 3 aromatic rings. The number of rotatable bonds is 2. The first kappa shape index (κ1) is 16.6. The van der Waals surface area contributed by atoms with E-state index in [-0.39, 0.29) is 23.1 Å². The average molecular weight is 350 g/mol. The lowest BCUT2D eigenvalue weighted by Gasteiger charge is -2.24. The van der Waals surface area contributed by atoms with Gasteiger partial charge in [0.05, 0.1) is 17.1 Å². The molecule has 6 heteroatoms. The Bertz CT molecular complexity index is 1060. The normalized spacial score (nSPS) is 17.2. The molecule has 0 saturated carbocycles. The van der Waals surface area contributed by atoms with Crippen LogP contribution in [0.1, 0.15) is 46.3 Å². The minimum atomic E-state index is -0.325. The first-order chi connectivity index (χ1) is 12.5. The Kier molecular flexibility index (Phi) is 3.90. The topological polar surface area (TPSA) is 71.0 Å². The summed E-state index contributed by atoms with van der Waals surface area (Å²) in [5.74, 6) is 0.654. The molecule has 1 aliphatic rings. The van der Waals surface area contributed by atoms with E-state index in [1.165, 1.54) is 0 Å². The van der Waals surface area contributed by atoms with E-state index in [1.54, 1.807) is 11.0 Å². The minimum Gasteiger partial charge on any atom is -0.329 e. The maximum Gasteiger partial charge on any atom is 0.261 e. The SMILES string of the molecule is Cc1cc(C(=O)N2CCC[C@@H]2c2nc3ccccc3n2C)c(=O)[nH]c1C. The molecule has 134 valence electrons. The van der Waals surface area contributed by atoms with E-state index in [9.17, 15) is 9.59 Å². The van der Waals surface area contributed by atoms with Crippen molar-refractivity contribution in [1.29, 1.82) is 0 Å². The summed E-state index contributed by atoms with van der Waals surface area (Å²) >= 11 is 0. The van der Waals surface area contributed by atoms with Gasteiger partial charge in [0.15, 0.2) is 0 Å². The maximum atomic E-state index is 13.1. The second-order valence-corrected chi connectivity index (χ2v) is 6.99. The lowest BCUT2D eigenvalue weighted by atomic mass is 10.1. The van der Waals surface area contributed by atoms with E-state index < -0.39 is 0 Å². The Balaban J connectivity index is 1.75. The molecule has 1 aliphatic heterocycles. The molecular formula is C20H22N4O2. The molecule has 6 nitrogen and oxygen atoms in total. The van der Waals surface area contributed by atoms with Gasteiger partial charge in [-0.2, -0.15) is 0 Å². The Hall–Kier alpha value is -2.89. The summed E-state index contributed by atoms with van der Waals surface area (Å²) in [4.78, 5) is 34.8. The highest BCUT2D eigenvalue weighted by Crippen LogP contribution is 2.33. The van der Waals surface area contributed by atoms with E-state index in [4.69, 9.17) is 4.98 Å². The van der Waals surface area contributed by atoms with Gasteiger partial charge in [-0.05, 0) is 50.5 Å². The fraction of sp³-hybridized carbons (Fsp3) is 0.350. The number of nitrogens with one attached hydrogen (secondary N) is 1. The Morgan fingerprint density at radius 2 is 2.04 bits per heavy atom. The highest BCUT2D eigenvalue weighted by molar-refractivity contribution is 5.94. The number of para-hydroxylation sites is 2. The molecule has 0 unspecified atom stereocenters. The quantitative estimate of drug-likeness (QED) is 0.772. The molecule has 4 rings (SSSR count). The van der Waals surface area contributed by atoms with Crippen molar-refractivity contribution in [3.05, 3.63) is 63.3 Å². The predicted molar refractivity (Wildman–Crippen MR) is 100 cm³/mol. The lowest BCUT2D eigenvalue weighted by Crippen LogP contribution is -2.35. The van der Waals surface area contributed by atoms with Crippen molar-refractivity contribution in [2.45, 2.75) is 32.7 Å². The van der Waals surface area contributed by atoms with Gasteiger partial charge in [-0.15, -0.1) is 0 Å². The van der Waals surface area contributed by atoms with Gasteiger partial charge in [-0.3, -0.25) is 9.59 Å². The first-order valence-corrected chi connectivity index (χ1v) is 8.90. The molecule has 3 heterocycles. The zero-order valence-corrected chi connectivity index (χ0v) is 15.2. The van der Waals surface area contributed by atoms with E-state index in [2.05, 4.69) is 9.55 Å². The number of hydrogen-bond acceptors (Lipinski definition) is 3. The van der Waals surface area contributed by atoms with Crippen molar-refractivity contribution in [1.82, 2.24) is 19.4 Å². The molecule has 1 aromatic carbocycles. The van der Waals surface area contributed by atoms with Crippen LogP contribution in [0.3, 0.4) is 0 Å². The number of aryl methyl sites for hydroxylation is 3. The van der Waals surface area contributed by atoms with Crippen molar-refractivity contribution >= 4 is 16.9 Å². The van der Waals surface area contributed by atoms with Crippen LogP contribution >= 0.6 is 0 Å². The number of carbonyl (C=O) groups excluding carboxylic acids is 1. The van der Waals surface area contributed by atoms with E-state index in [1.807, 2.05) is 45.2 Å². The fourth-order valence-corrected chi connectivity index (χ4v) is 3.78. The van der Waals surface area contributed by atoms with Gasteiger partial charge in [-0.1, -0.05) is 12.1 Å². The number of aromatic amines is 1. The third-order valence-electron chi connectivity index (χ3n) is 5.36. The number of H-pyrrole nitrogens is 1. The molecule has 0 aliphatic carbocycles. The molecule has 1 saturated heterocycles. The molecule has 1 N–H and O–H groups in total. The van der Waals surface area contributed by atoms with Gasteiger partial charge in [0, 0.05) is 19.3 Å². The molecule has 2 aromatic heterocycles. The Morgan fingerprint density at radius 3 is 2.81 bits per heavy atom. The number of pyridine rings is 1. The summed E-state index contributed by atoms with van der Waals surface area (Å²) in [6.07, 6.45) is 1.76. The van der Waals surface area contributed by atoms with Crippen LogP contribution in [0.15, 0.2) is 35.1 Å². The Morgan fingerprint density at radius 1 is 1.27 bits per heavy atom. The number of nitrogens with zero attached hydrogens (tertiary/aromatic N) is 3. The third-order valence-corrected chi connectivity index (χ3v) is 5.36. The molecule has 0 spiro atoms. The Labute approximate surface area is 151 Å². The summed E-state index contributed by atoms with van der Waals surface area (Å²) in [6, 6.07) is 9.54. The highest BCUT2D eigenvalue weighted by Gasteiger charge is 2.34. The van der Waals surface area contributed by atoms with Crippen molar-refractivity contribution in [2.24, 2.45) is 7.05 Å². The number of amides is 1. The molecule has 0 bridgehead atoms. The smallest absolute Gasteiger partial charge is 0.261 e. The van der Waals surface area contributed by atoms with Gasteiger partial charge < -0.3 is 14.5 Å². The van der Waals surface area contributed by atoms with Gasteiger partial charge in [0.1, 0.15) is 11.4 Å². The van der Waals surface area contributed by atoms with E-state index in [0.29, 0.717) is 6.54 Å². The van der Waals surface area contributed by atoms with Crippen LogP contribution < -0.4 is 5.56 Å². The summed E-state index contributed by atoms with van der Waals surface area (Å²) in [6.45, 7) is 4.37. The number of imidazole rings is 1. The van der Waals surface area contributed by atoms with Crippen molar-refractivity contribution in [3.63, 3.8) is 0 Å². The highest BCUT2D eigenvalue weighted by atomic mass is 16.2. The van der Waals surface area contributed by atoms with Crippen LogP contribution in [0, 0.1) is 13.8 Å². The average Bonchev–Trinajstić information content (AvgIpc) is 3.22. The molecule has 1 amide bonds. The van der Waals surface area contributed by atoms with Gasteiger partial charge in [0.2, 0.25) is 0 Å². The van der Waals surface area contributed by atoms with Crippen molar-refractivity contribution in [3.8, 4) is 0 Å². The number of hydrogen-bond donors (Lipinski definition) is 1. The molecule has 26 heavy (non-hydrogen) atoms. The van der Waals surface area contributed by atoms with Crippen LogP contribution in [0.5, 0.6) is 0 Å². The second kappa shape index (κ2) is 6.12. The van der Waals surface area contributed by atoms with Crippen LogP contribution in [0.4, 0.5) is 0 Å². The van der Waals surface area contributed by atoms with E-state index in [0.717, 1.165) is 41.0 Å². The minimum absolute atomic E-state index is 0.110.